The molecule has 0 aliphatic rings. The Balaban J connectivity index is 2.07. The van der Waals surface area contributed by atoms with E-state index >= 15 is 0 Å². The highest BCUT2D eigenvalue weighted by atomic mass is 79.9. The lowest BCUT2D eigenvalue weighted by atomic mass is 10.0. The summed E-state index contributed by atoms with van der Waals surface area (Å²) >= 11 is 3.48. The lowest BCUT2D eigenvalue weighted by Gasteiger charge is -2.33. The summed E-state index contributed by atoms with van der Waals surface area (Å²) in [4.78, 5) is 29.1. The second-order valence-corrected chi connectivity index (χ2v) is 12.1. The molecule has 10 heteroatoms. The van der Waals surface area contributed by atoms with Crippen LogP contribution in [-0.4, -0.2) is 57.1 Å². The number of hydrogen-bond donors (Lipinski definition) is 1. The fourth-order valence-electron chi connectivity index (χ4n) is 4.29. The van der Waals surface area contributed by atoms with Gasteiger partial charge in [0.15, 0.2) is 0 Å². The minimum Gasteiger partial charge on any atom is -0.492 e. The molecule has 8 nitrogen and oxygen atoms in total. The van der Waals surface area contributed by atoms with Gasteiger partial charge < -0.3 is 15.0 Å². The number of carbonyl (C=O) groups excluding carboxylic acids is 2. The summed E-state index contributed by atoms with van der Waals surface area (Å²) in [5.74, 6) is -0.456. The lowest BCUT2D eigenvalue weighted by molar-refractivity contribution is -0.140. The summed E-state index contributed by atoms with van der Waals surface area (Å²) in [6.07, 6.45) is 2.06. The number of carbonyl (C=O) groups is 2. The number of anilines is 1. The summed E-state index contributed by atoms with van der Waals surface area (Å²) in [5, 5.41) is 2.93. The van der Waals surface area contributed by atoms with Crippen LogP contribution in [0.2, 0.25) is 0 Å². The van der Waals surface area contributed by atoms with E-state index in [4.69, 9.17) is 4.74 Å². The number of rotatable bonds is 14. The smallest absolute Gasteiger partial charge is 0.244 e. The van der Waals surface area contributed by atoms with Gasteiger partial charge >= 0.3 is 0 Å². The van der Waals surface area contributed by atoms with Crippen molar-refractivity contribution in [3.05, 3.63) is 94.5 Å². The van der Waals surface area contributed by atoms with E-state index < -0.39 is 28.5 Å². The number of benzene rings is 3. The van der Waals surface area contributed by atoms with Crippen molar-refractivity contribution in [2.45, 2.75) is 39.3 Å². The summed E-state index contributed by atoms with van der Waals surface area (Å²) < 4.78 is 33.5. The molecule has 0 aromatic heterocycles. The van der Waals surface area contributed by atoms with Gasteiger partial charge in [-0.15, -0.1) is 0 Å². The van der Waals surface area contributed by atoms with E-state index in [-0.39, 0.29) is 24.6 Å². The molecule has 2 amide bonds. The number of nitrogens with zero attached hydrogens (tertiary/aromatic N) is 2. The normalized spacial score (nSPS) is 11.9. The first-order chi connectivity index (χ1) is 19.1. The first-order valence-electron chi connectivity index (χ1n) is 13.2. The van der Waals surface area contributed by atoms with Crippen LogP contribution >= 0.6 is 15.9 Å². The Bertz CT molecular complexity index is 1380. The molecule has 0 saturated carbocycles. The second kappa shape index (κ2) is 14.9. The van der Waals surface area contributed by atoms with Gasteiger partial charge in [-0.25, -0.2) is 8.42 Å². The summed E-state index contributed by atoms with van der Waals surface area (Å²) in [5.41, 5.74) is 1.94. The highest BCUT2D eigenvalue weighted by molar-refractivity contribution is 9.10. The van der Waals surface area contributed by atoms with E-state index in [0.29, 0.717) is 18.9 Å². The zero-order chi connectivity index (χ0) is 29.1. The van der Waals surface area contributed by atoms with E-state index in [1.807, 2.05) is 61.5 Å². The van der Waals surface area contributed by atoms with Crippen LogP contribution < -0.4 is 14.4 Å². The molecular weight excluding hydrogens is 594 g/mol. The Labute approximate surface area is 245 Å². The third kappa shape index (κ3) is 8.82. The third-order valence-electron chi connectivity index (χ3n) is 6.18. The number of para-hydroxylation sites is 2. The number of halogens is 1. The molecule has 0 radical (unpaired) electrons. The van der Waals surface area contributed by atoms with Gasteiger partial charge in [-0.1, -0.05) is 77.5 Å². The van der Waals surface area contributed by atoms with Gasteiger partial charge in [0.25, 0.3) is 0 Å². The van der Waals surface area contributed by atoms with E-state index in [1.165, 1.54) is 4.90 Å². The van der Waals surface area contributed by atoms with Gasteiger partial charge in [-0.05, 0) is 48.7 Å². The number of hydrogen-bond acceptors (Lipinski definition) is 5. The fourth-order valence-corrected chi connectivity index (χ4v) is 5.59. The highest BCUT2D eigenvalue weighted by Crippen LogP contribution is 2.30. The maximum absolute atomic E-state index is 14.1. The fraction of sp³-hybridized carbons (Fsp3) is 0.333. The molecule has 1 N–H and O–H groups in total. The van der Waals surface area contributed by atoms with Crippen molar-refractivity contribution in [2.24, 2.45) is 0 Å². The van der Waals surface area contributed by atoms with Gasteiger partial charge in [0, 0.05) is 24.0 Å². The summed E-state index contributed by atoms with van der Waals surface area (Å²) in [7, 11) is -3.89. The van der Waals surface area contributed by atoms with Crippen molar-refractivity contribution in [1.29, 1.82) is 0 Å². The standard InChI is InChI=1S/C30H36BrN3O5S/c1-4-18-32-30(36)27(20-23-12-7-6-8-13-23)33(21-24-14-11-15-25(31)19-24)29(35)22-34(40(3,37)38)26-16-9-10-17-28(26)39-5-2/h6-17,19,27H,4-5,18,20-22H2,1-3H3,(H,32,36). The number of nitrogens with one attached hydrogen (secondary N) is 1. The quantitative estimate of drug-likeness (QED) is 0.277. The van der Waals surface area contributed by atoms with Crippen LogP contribution in [0.25, 0.3) is 0 Å². The van der Waals surface area contributed by atoms with Crippen molar-refractivity contribution in [3.63, 3.8) is 0 Å². The maximum Gasteiger partial charge on any atom is 0.244 e. The molecule has 0 aliphatic heterocycles. The van der Waals surface area contributed by atoms with Crippen molar-refractivity contribution >= 4 is 43.5 Å². The average molecular weight is 631 g/mol. The maximum atomic E-state index is 14.1. The van der Waals surface area contributed by atoms with Crippen LogP contribution in [0, 0.1) is 0 Å². The topological polar surface area (TPSA) is 96.0 Å². The first-order valence-corrected chi connectivity index (χ1v) is 15.8. The second-order valence-electron chi connectivity index (χ2n) is 9.32. The number of amides is 2. The molecule has 0 saturated heterocycles. The number of ether oxygens (including phenoxy) is 1. The molecule has 0 bridgehead atoms. The van der Waals surface area contributed by atoms with Crippen LogP contribution in [0.1, 0.15) is 31.4 Å². The van der Waals surface area contributed by atoms with Crippen molar-refractivity contribution in [1.82, 2.24) is 10.2 Å². The molecular formula is C30H36BrN3O5S. The highest BCUT2D eigenvalue weighted by Gasteiger charge is 2.33. The van der Waals surface area contributed by atoms with Gasteiger partial charge in [-0.3, -0.25) is 13.9 Å². The van der Waals surface area contributed by atoms with Crippen LogP contribution in [0.3, 0.4) is 0 Å². The van der Waals surface area contributed by atoms with Gasteiger partial charge in [0.1, 0.15) is 18.3 Å². The third-order valence-corrected chi connectivity index (χ3v) is 7.79. The van der Waals surface area contributed by atoms with Crippen LogP contribution in [0.15, 0.2) is 83.3 Å². The zero-order valence-corrected chi connectivity index (χ0v) is 25.4. The zero-order valence-electron chi connectivity index (χ0n) is 23.0. The van der Waals surface area contributed by atoms with Crippen LogP contribution in [0.5, 0.6) is 5.75 Å². The van der Waals surface area contributed by atoms with Crippen LogP contribution in [-0.2, 0) is 32.6 Å². The van der Waals surface area contributed by atoms with E-state index in [1.54, 1.807) is 31.2 Å². The van der Waals surface area contributed by atoms with Gasteiger partial charge in [0.2, 0.25) is 21.8 Å². The molecule has 40 heavy (non-hydrogen) atoms. The van der Waals surface area contributed by atoms with Gasteiger partial charge in [0.05, 0.1) is 18.6 Å². The Hall–Kier alpha value is -3.37. The molecule has 214 valence electrons. The Morgan fingerprint density at radius 1 is 0.950 bits per heavy atom. The minimum absolute atomic E-state index is 0.111. The molecule has 0 spiro atoms. The van der Waals surface area contributed by atoms with E-state index in [9.17, 15) is 18.0 Å². The average Bonchev–Trinajstić information content (AvgIpc) is 2.93. The minimum atomic E-state index is -3.89. The van der Waals surface area contributed by atoms with Gasteiger partial charge in [-0.2, -0.15) is 0 Å². The largest absolute Gasteiger partial charge is 0.492 e. The van der Waals surface area contributed by atoms with Crippen molar-refractivity contribution in [3.8, 4) is 5.75 Å². The first kappa shape index (κ1) is 31.2. The molecule has 0 heterocycles. The van der Waals surface area contributed by atoms with E-state index in [0.717, 1.165) is 32.6 Å². The molecule has 0 aliphatic carbocycles. The monoisotopic (exact) mass is 629 g/mol. The van der Waals surface area contributed by atoms with Crippen molar-refractivity contribution < 1.29 is 22.7 Å². The number of sulfonamides is 1. The summed E-state index contributed by atoms with van der Waals surface area (Å²) in [6.45, 7) is 4.16. The summed E-state index contributed by atoms with van der Waals surface area (Å²) in [6, 6.07) is 22.8. The lowest BCUT2D eigenvalue weighted by Crippen LogP contribution is -2.53. The Morgan fingerprint density at radius 2 is 1.62 bits per heavy atom. The molecule has 0 fully saturated rings. The predicted octanol–water partition coefficient (Wildman–Crippen LogP) is 4.78. The SMILES string of the molecule is CCCNC(=O)C(Cc1ccccc1)N(Cc1cccc(Br)c1)C(=O)CN(c1ccccc1OCC)S(C)(=O)=O. The molecule has 1 unspecified atom stereocenters. The molecule has 3 aromatic rings. The van der Waals surface area contributed by atoms with E-state index in [2.05, 4.69) is 21.2 Å². The van der Waals surface area contributed by atoms with Crippen molar-refractivity contribution in [2.75, 3.05) is 30.3 Å². The Morgan fingerprint density at radius 3 is 2.27 bits per heavy atom. The molecule has 3 aromatic carbocycles. The molecule has 1 atom stereocenters. The predicted molar refractivity (Wildman–Crippen MR) is 162 cm³/mol. The molecule has 3 rings (SSSR count). The Kier molecular flexibility index (Phi) is 11.6. The van der Waals surface area contributed by atoms with Crippen LogP contribution in [0.4, 0.5) is 5.69 Å².